The molecule has 0 fully saturated rings. The summed E-state index contributed by atoms with van der Waals surface area (Å²) in [5, 5.41) is 6.02. The van der Waals surface area contributed by atoms with E-state index in [1.165, 1.54) is 16.3 Å². The maximum absolute atomic E-state index is 4.72. The number of thioether (sulfide) groups is 1. The van der Waals surface area contributed by atoms with E-state index >= 15 is 0 Å². The molecule has 0 bridgehead atoms. The summed E-state index contributed by atoms with van der Waals surface area (Å²) in [5.74, 6) is 2.20. The van der Waals surface area contributed by atoms with E-state index in [1.807, 2.05) is 18.0 Å². The molecule has 1 aromatic carbocycles. The van der Waals surface area contributed by atoms with Crippen molar-refractivity contribution in [2.24, 2.45) is 0 Å². The van der Waals surface area contributed by atoms with Crippen LogP contribution in [0.25, 0.3) is 10.8 Å². The third-order valence-corrected chi connectivity index (χ3v) is 4.18. The predicted molar refractivity (Wildman–Crippen MR) is 95.4 cm³/mol. The monoisotopic (exact) mass is 303 g/mol. The van der Waals surface area contributed by atoms with E-state index < -0.39 is 0 Å². The van der Waals surface area contributed by atoms with Crippen LogP contribution < -0.4 is 10.2 Å². The maximum atomic E-state index is 4.72. The molecule has 2 rings (SSSR count). The molecule has 0 unspecified atom stereocenters. The molecule has 1 heterocycles. The minimum Gasteiger partial charge on any atom is -0.358 e. The van der Waals surface area contributed by atoms with Crippen molar-refractivity contribution in [1.29, 1.82) is 0 Å². The van der Waals surface area contributed by atoms with Gasteiger partial charge in [0.15, 0.2) is 0 Å². The summed E-state index contributed by atoms with van der Waals surface area (Å²) >= 11 is 1.87. The lowest BCUT2D eigenvalue weighted by Crippen LogP contribution is -2.22. The van der Waals surface area contributed by atoms with E-state index in [0.717, 1.165) is 37.6 Å². The van der Waals surface area contributed by atoms with Gasteiger partial charge in [0.2, 0.25) is 0 Å². The van der Waals surface area contributed by atoms with Crippen molar-refractivity contribution in [2.75, 3.05) is 37.0 Å². The molecule has 0 aliphatic carbocycles. The van der Waals surface area contributed by atoms with Crippen LogP contribution in [0.5, 0.6) is 0 Å². The number of aromatic nitrogens is 1. The summed E-state index contributed by atoms with van der Waals surface area (Å²) < 4.78 is 0. The number of pyridine rings is 1. The van der Waals surface area contributed by atoms with Gasteiger partial charge in [-0.3, -0.25) is 0 Å². The molecule has 0 saturated carbocycles. The Morgan fingerprint density at radius 3 is 2.71 bits per heavy atom. The fourth-order valence-electron chi connectivity index (χ4n) is 2.42. The highest BCUT2D eigenvalue weighted by molar-refractivity contribution is 7.98. The number of hydrogen-bond donors (Lipinski definition) is 1. The molecule has 0 atom stereocenters. The van der Waals surface area contributed by atoms with Crippen molar-refractivity contribution in [3.05, 3.63) is 36.0 Å². The second kappa shape index (κ2) is 8.25. The van der Waals surface area contributed by atoms with Crippen molar-refractivity contribution >= 4 is 28.4 Å². The van der Waals surface area contributed by atoms with Gasteiger partial charge in [0.05, 0.1) is 0 Å². The molecule has 0 aliphatic heterocycles. The number of anilines is 1. The van der Waals surface area contributed by atoms with Gasteiger partial charge in [0.25, 0.3) is 0 Å². The third-order valence-electron chi connectivity index (χ3n) is 3.59. The fraction of sp³-hybridized carbons (Fsp3) is 0.471. The molecular weight excluding hydrogens is 278 g/mol. The molecule has 0 radical (unpaired) electrons. The zero-order chi connectivity index (χ0) is 15.1. The number of rotatable bonds is 8. The highest BCUT2D eigenvalue weighted by atomic mass is 32.2. The van der Waals surface area contributed by atoms with E-state index in [2.05, 4.69) is 54.7 Å². The molecule has 114 valence electrons. The van der Waals surface area contributed by atoms with E-state index in [1.54, 1.807) is 0 Å². The maximum Gasteiger partial charge on any atom is 0.136 e. The second-order valence-corrected chi connectivity index (χ2v) is 6.23. The van der Waals surface area contributed by atoms with Crippen LogP contribution >= 0.6 is 11.8 Å². The van der Waals surface area contributed by atoms with Crippen LogP contribution in [0.1, 0.15) is 18.9 Å². The smallest absolute Gasteiger partial charge is 0.136 e. The van der Waals surface area contributed by atoms with E-state index in [-0.39, 0.29) is 0 Å². The van der Waals surface area contributed by atoms with E-state index in [4.69, 9.17) is 4.98 Å². The molecule has 0 spiro atoms. The average molecular weight is 303 g/mol. The largest absolute Gasteiger partial charge is 0.358 e. The Kier molecular flexibility index (Phi) is 6.33. The molecule has 4 heteroatoms. The van der Waals surface area contributed by atoms with Crippen molar-refractivity contribution in [1.82, 2.24) is 10.3 Å². The number of nitrogens with one attached hydrogen (secondary N) is 1. The first kappa shape index (κ1) is 16.1. The van der Waals surface area contributed by atoms with Gasteiger partial charge in [0.1, 0.15) is 5.82 Å². The van der Waals surface area contributed by atoms with Crippen molar-refractivity contribution in [3.63, 3.8) is 0 Å². The Labute approximate surface area is 132 Å². The topological polar surface area (TPSA) is 28.2 Å². The first-order chi connectivity index (χ1) is 10.3. The van der Waals surface area contributed by atoms with Crippen molar-refractivity contribution < 1.29 is 0 Å². The van der Waals surface area contributed by atoms with Crippen LogP contribution in [0.4, 0.5) is 5.82 Å². The van der Waals surface area contributed by atoms with E-state index in [9.17, 15) is 0 Å². The summed E-state index contributed by atoms with van der Waals surface area (Å²) in [6.45, 7) is 5.14. The molecule has 1 aromatic heterocycles. The number of nitrogens with zero attached hydrogens (tertiary/aromatic N) is 2. The molecule has 1 N–H and O–H groups in total. The standard InChI is InChI=1S/C17H25N3S/c1-4-9-18-12-14-13-19-17(20(2)10-11-21-3)16-8-6-5-7-15(14)16/h5-8,13,18H,4,9-12H2,1-3H3. The van der Waals surface area contributed by atoms with E-state index in [0.29, 0.717) is 0 Å². The second-order valence-electron chi connectivity index (χ2n) is 5.24. The van der Waals surface area contributed by atoms with Crippen LogP contribution in [-0.2, 0) is 6.54 Å². The summed E-state index contributed by atoms with van der Waals surface area (Å²) in [7, 11) is 2.12. The Morgan fingerprint density at radius 2 is 2.00 bits per heavy atom. The van der Waals surface area contributed by atoms with Gasteiger partial charge in [0, 0.05) is 37.5 Å². The van der Waals surface area contributed by atoms with Crippen LogP contribution in [0.15, 0.2) is 30.5 Å². The van der Waals surface area contributed by atoms with Gasteiger partial charge in [-0.2, -0.15) is 11.8 Å². The SMILES string of the molecule is CCCNCc1cnc(N(C)CCSC)c2ccccc12. The zero-order valence-corrected chi connectivity index (χ0v) is 14.0. The Bertz CT molecular complexity index is 571. The molecule has 0 saturated heterocycles. The lowest BCUT2D eigenvalue weighted by molar-refractivity contribution is 0.676. The summed E-state index contributed by atoms with van der Waals surface area (Å²) in [6, 6.07) is 8.58. The van der Waals surface area contributed by atoms with Crippen LogP contribution in [0, 0.1) is 0 Å². The zero-order valence-electron chi connectivity index (χ0n) is 13.2. The summed E-state index contributed by atoms with van der Waals surface area (Å²) in [4.78, 5) is 6.97. The summed E-state index contributed by atoms with van der Waals surface area (Å²) in [6.07, 6.45) is 5.32. The van der Waals surface area contributed by atoms with Gasteiger partial charge < -0.3 is 10.2 Å². The van der Waals surface area contributed by atoms with Gasteiger partial charge in [-0.15, -0.1) is 0 Å². The number of hydrogen-bond acceptors (Lipinski definition) is 4. The third kappa shape index (κ3) is 4.11. The quantitative estimate of drug-likeness (QED) is 0.755. The Balaban J connectivity index is 2.30. The number of fused-ring (bicyclic) bond motifs is 1. The molecular formula is C17H25N3S. The summed E-state index contributed by atoms with van der Waals surface area (Å²) in [5.41, 5.74) is 1.28. The predicted octanol–water partition coefficient (Wildman–Crippen LogP) is 3.53. The van der Waals surface area contributed by atoms with Crippen LogP contribution in [-0.4, -0.2) is 37.1 Å². The van der Waals surface area contributed by atoms with Gasteiger partial charge in [-0.05, 0) is 30.2 Å². The minimum absolute atomic E-state index is 0.885. The molecule has 0 amide bonds. The number of benzene rings is 1. The Morgan fingerprint density at radius 1 is 1.24 bits per heavy atom. The van der Waals surface area contributed by atoms with Crippen molar-refractivity contribution in [2.45, 2.75) is 19.9 Å². The first-order valence-electron chi connectivity index (χ1n) is 7.55. The first-order valence-corrected chi connectivity index (χ1v) is 8.94. The normalized spacial score (nSPS) is 11.0. The average Bonchev–Trinajstić information content (AvgIpc) is 2.53. The molecule has 21 heavy (non-hydrogen) atoms. The van der Waals surface area contributed by atoms with Gasteiger partial charge in [-0.1, -0.05) is 31.2 Å². The van der Waals surface area contributed by atoms with Crippen LogP contribution in [0.3, 0.4) is 0 Å². The van der Waals surface area contributed by atoms with Crippen molar-refractivity contribution in [3.8, 4) is 0 Å². The highest BCUT2D eigenvalue weighted by Crippen LogP contribution is 2.26. The highest BCUT2D eigenvalue weighted by Gasteiger charge is 2.10. The minimum atomic E-state index is 0.885. The Hall–Kier alpha value is -1.26. The lowest BCUT2D eigenvalue weighted by atomic mass is 10.1. The molecule has 3 nitrogen and oxygen atoms in total. The lowest BCUT2D eigenvalue weighted by Gasteiger charge is -2.20. The molecule has 2 aromatic rings. The van der Waals surface area contributed by atoms with Crippen LogP contribution in [0.2, 0.25) is 0 Å². The van der Waals surface area contributed by atoms with Gasteiger partial charge >= 0.3 is 0 Å². The van der Waals surface area contributed by atoms with Gasteiger partial charge in [-0.25, -0.2) is 4.98 Å². The molecule has 0 aliphatic rings. The fourth-order valence-corrected chi connectivity index (χ4v) is 2.87.